The lowest BCUT2D eigenvalue weighted by atomic mass is 10.2. The molecule has 0 heterocycles. The lowest BCUT2D eigenvalue weighted by Gasteiger charge is -2.43. The highest BCUT2D eigenvalue weighted by molar-refractivity contribution is 6.99. The summed E-state index contributed by atoms with van der Waals surface area (Å²) in [5.41, 5.74) is 0. The molecule has 0 spiro atoms. The van der Waals surface area contributed by atoms with Crippen LogP contribution in [-0.4, -0.2) is 14.4 Å². The lowest BCUT2D eigenvalue weighted by molar-refractivity contribution is 0.293. The van der Waals surface area contributed by atoms with Gasteiger partial charge in [-0.3, -0.25) is 0 Å². The Morgan fingerprint density at radius 3 is 1.52 bits per heavy atom. The molecule has 2 aromatic carbocycles. The van der Waals surface area contributed by atoms with Crippen molar-refractivity contribution < 1.29 is 4.43 Å². The summed E-state index contributed by atoms with van der Waals surface area (Å²) in [7, 11) is -2.64. The van der Waals surface area contributed by atoms with E-state index < -0.39 is 14.4 Å². The Labute approximate surface area is 140 Å². The van der Waals surface area contributed by atoms with Crippen molar-refractivity contribution in [3.63, 3.8) is 0 Å². The van der Waals surface area contributed by atoms with Gasteiger partial charge in [0, 0.05) is 0 Å². The van der Waals surface area contributed by atoms with Gasteiger partial charge in [0.2, 0.25) is 0 Å². The van der Waals surface area contributed by atoms with E-state index in [2.05, 4.69) is 56.9 Å². The predicted octanol–water partition coefficient (Wildman–Crippen LogP) is 3.20. The molecule has 0 radical (unpaired) electrons. The highest BCUT2D eigenvalue weighted by Gasteiger charge is 2.51. The first-order valence-electron chi connectivity index (χ1n) is 7.67. The maximum atomic E-state index is 6.54. The second-order valence-corrected chi connectivity index (χ2v) is 10.7. The van der Waals surface area contributed by atoms with Gasteiger partial charge in [-0.05, 0) is 15.4 Å². The van der Waals surface area contributed by atoms with Crippen molar-refractivity contribution in [1.82, 2.24) is 0 Å². The summed E-state index contributed by atoms with van der Waals surface area (Å²) in [4.78, 5) is 0. The van der Waals surface area contributed by atoms with Crippen molar-refractivity contribution >= 4 is 18.7 Å². The molecule has 0 aliphatic carbocycles. The Morgan fingerprint density at radius 2 is 1.22 bits per heavy atom. The Balaban J connectivity index is 2.76. The Hall–Kier alpha value is -2.26. The van der Waals surface area contributed by atoms with Crippen molar-refractivity contribution in [2.24, 2.45) is 0 Å². The third-order valence-corrected chi connectivity index (χ3v) is 9.01. The van der Waals surface area contributed by atoms with Gasteiger partial charge in [-0.2, -0.15) is 0 Å². The van der Waals surface area contributed by atoms with Crippen molar-refractivity contribution in [1.29, 1.82) is 0 Å². The molecule has 2 heteroatoms. The molecule has 116 valence electrons. The van der Waals surface area contributed by atoms with Crippen LogP contribution in [0.2, 0.25) is 5.04 Å². The number of rotatable bonds is 4. The third kappa shape index (κ3) is 3.25. The largest absolute Gasteiger partial charge is 0.384 e. The van der Waals surface area contributed by atoms with E-state index in [1.54, 1.807) is 0 Å². The number of benzene rings is 2. The van der Waals surface area contributed by atoms with Crippen LogP contribution in [0.5, 0.6) is 0 Å². The molecule has 0 atom stereocenters. The van der Waals surface area contributed by atoms with E-state index in [1.165, 1.54) is 10.4 Å². The fourth-order valence-electron chi connectivity index (χ4n) is 2.98. The summed E-state index contributed by atoms with van der Waals surface area (Å²) in [6.45, 7) is 6.59. The summed E-state index contributed by atoms with van der Waals surface area (Å²) >= 11 is 0. The van der Waals surface area contributed by atoms with Crippen LogP contribution >= 0.6 is 0 Å². The van der Waals surface area contributed by atoms with E-state index in [9.17, 15) is 0 Å². The zero-order valence-electron chi connectivity index (χ0n) is 13.9. The van der Waals surface area contributed by atoms with Gasteiger partial charge in [-0.1, -0.05) is 93.3 Å². The highest BCUT2D eigenvalue weighted by Crippen LogP contribution is 2.37. The molecule has 0 aromatic heterocycles. The molecule has 2 rings (SSSR count). The fraction of sp³-hybridized carbons (Fsp3) is 0.238. The smallest absolute Gasteiger partial charge is 0.263 e. The van der Waals surface area contributed by atoms with Gasteiger partial charge in [-0.15, -0.1) is 12.8 Å². The monoisotopic (exact) mass is 318 g/mol. The van der Waals surface area contributed by atoms with Crippen molar-refractivity contribution in [2.75, 3.05) is 0 Å². The first-order chi connectivity index (χ1) is 11.0. The molecule has 0 N–H and O–H groups in total. The summed E-state index contributed by atoms with van der Waals surface area (Å²) in [5, 5.41) is 2.23. The summed E-state index contributed by atoms with van der Waals surface area (Å²) in [5.74, 6) is 5.19. The summed E-state index contributed by atoms with van der Waals surface area (Å²) in [6, 6.07) is 20.6. The molecule has 2 aromatic rings. The van der Waals surface area contributed by atoms with Crippen molar-refractivity contribution in [3.8, 4) is 24.7 Å². The molecular weight excluding hydrogens is 296 g/mol. The average molecular weight is 318 g/mol. The van der Waals surface area contributed by atoms with Crippen LogP contribution in [0.4, 0.5) is 0 Å². The zero-order chi connectivity index (χ0) is 16.9. The molecule has 23 heavy (non-hydrogen) atoms. The van der Waals surface area contributed by atoms with E-state index in [1.807, 2.05) is 36.4 Å². The molecule has 0 unspecified atom stereocenters. The maximum absolute atomic E-state index is 6.54. The zero-order valence-corrected chi connectivity index (χ0v) is 14.9. The van der Waals surface area contributed by atoms with Crippen LogP contribution in [0.15, 0.2) is 60.7 Å². The first-order valence-corrected chi connectivity index (χ1v) is 9.57. The lowest BCUT2D eigenvalue weighted by Crippen LogP contribution is -2.67. The Kier molecular flexibility index (Phi) is 5.11. The highest BCUT2D eigenvalue weighted by atomic mass is 28.4. The molecule has 0 bridgehead atoms. The van der Waals surface area contributed by atoms with Gasteiger partial charge in [-0.25, -0.2) is 0 Å². The normalized spacial score (nSPS) is 11.7. The van der Waals surface area contributed by atoms with Crippen LogP contribution in [0.25, 0.3) is 0 Å². The van der Waals surface area contributed by atoms with Gasteiger partial charge in [0.05, 0.1) is 0 Å². The molecule has 0 fully saturated rings. The fourth-order valence-corrected chi connectivity index (χ4v) is 7.49. The average Bonchev–Trinajstić information content (AvgIpc) is 2.57. The minimum Gasteiger partial charge on any atom is -0.384 e. The standard InChI is InChI=1S/C21H22OSi/c1-6-18(7-2)22-23(21(3,4)5,19-14-10-8-11-15-19)20-16-12-9-13-17-20/h1-2,8-18H,3-5H3. The van der Waals surface area contributed by atoms with Crippen molar-refractivity contribution in [3.05, 3.63) is 60.7 Å². The number of terminal acetylenes is 2. The molecule has 0 aliphatic rings. The molecule has 0 amide bonds. The quantitative estimate of drug-likeness (QED) is 0.621. The van der Waals surface area contributed by atoms with Crippen LogP contribution in [0.1, 0.15) is 20.8 Å². The topological polar surface area (TPSA) is 9.23 Å². The van der Waals surface area contributed by atoms with Gasteiger partial charge in [0.1, 0.15) is 0 Å². The SMILES string of the molecule is C#CC(C#C)O[Si](c1ccccc1)(c1ccccc1)C(C)(C)C. The van der Waals surface area contributed by atoms with Crippen LogP contribution in [0.3, 0.4) is 0 Å². The maximum Gasteiger partial charge on any atom is 0.263 e. The van der Waals surface area contributed by atoms with E-state index >= 15 is 0 Å². The van der Waals surface area contributed by atoms with E-state index in [0.29, 0.717) is 0 Å². The minimum absolute atomic E-state index is 0.123. The van der Waals surface area contributed by atoms with Gasteiger partial charge in [0.25, 0.3) is 8.32 Å². The molecular formula is C21H22OSi. The Morgan fingerprint density at radius 1 is 0.826 bits per heavy atom. The summed E-state index contributed by atoms with van der Waals surface area (Å²) in [6.07, 6.45) is 10.6. The Bertz CT molecular complexity index is 661. The van der Waals surface area contributed by atoms with Gasteiger partial charge in [0.15, 0.2) is 6.10 Å². The van der Waals surface area contributed by atoms with Gasteiger partial charge < -0.3 is 4.43 Å². The van der Waals surface area contributed by atoms with E-state index in [4.69, 9.17) is 17.3 Å². The molecule has 0 saturated heterocycles. The molecule has 1 nitrogen and oxygen atoms in total. The first kappa shape index (κ1) is 17.1. The van der Waals surface area contributed by atoms with Crippen LogP contribution < -0.4 is 10.4 Å². The second kappa shape index (κ2) is 6.88. The summed E-state index contributed by atoms with van der Waals surface area (Å²) < 4.78 is 6.54. The van der Waals surface area contributed by atoms with E-state index in [0.717, 1.165) is 0 Å². The van der Waals surface area contributed by atoms with E-state index in [-0.39, 0.29) is 5.04 Å². The molecule has 0 saturated carbocycles. The molecule has 0 aliphatic heterocycles. The van der Waals surface area contributed by atoms with Gasteiger partial charge >= 0.3 is 0 Å². The third-order valence-electron chi connectivity index (χ3n) is 4.01. The van der Waals surface area contributed by atoms with Crippen molar-refractivity contribution in [2.45, 2.75) is 31.9 Å². The number of hydrogen-bond acceptors (Lipinski definition) is 1. The minimum atomic E-state index is -2.64. The predicted molar refractivity (Wildman–Crippen MR) is 100 cm³/mol. The number of hydrogen-bond donors (Lipinski definition) is 0. The second-order valence-electron chi connectivity index (χ2n) is 6.49. The van der Waals surface area contributed by atoms with Crippen LogP contribution in [0, 0.1) is 24.7 Å². The van der Waals surface area contributed by atoms with Crippen LogP contribution in [-0.2, 0) is 4.43 Å².